The van der Waals surface area contributed by atoms with Gasteiger partial charge in [0.05, 0.1) is 0 Å². The molecule has 0 saturated carbocycles. The standard InChI is InChI=1S/C13H21NO2S/c1-9(14-8-13(2,3)17-4)11-6-5-10(15)7-12(11)16/h5-7,9,14-16H,8H2,1-4H3. The van der Waals surface area contributed by atoms with E-state index in [1.54, 1.807) is 23.9 Å². The van der Waals surface area contributed by atoms with Crippen molar-refractivity contribution >= 4 is 11.8 Å². The van der Waals surface area contributed by atoms with E-state index in [0.717, 1.165) is 12.1 Å². The summed E-state index contributed by atoms with van der Waals surface area (Å²) in [4.78, 5) is 0. The fourth-order valence-electron chi connectivity index (χ4n) is 1.48. The normalized spacial score (nSPS) is 13.6. The summed E-state index contributed by atoms with van der Waals surface area (Å²) >= 11 is 1.81. The molecule has 0 heterocycles. The highest BCUT2D eigenvalue weighted by molar-refractivity contribution is 7.99. The Labute approximate surface area is 107 Å². The molecule has 1 aromatic rings. The number of phenols is 2. The lowest BCUT2D eigenvalue weighted by Crippen LogP contribution is -2.33. The van der Waals surface area contributed by atoms with E-state index in [0.29, 0.717) is 0 Å². The number of hydrogen-bond donors (Lipinski definition) is 3. The molecule has 3 N–H and O–H groups in total. The molecule has 0 aliphatic rings. The average Bonchev–Trinajstić information content (AvgIpc) is 2.26. The predicted octanol–water partition coefficient (Wildman–Crippen LogP) is 2.89. The van der Waals surface area contributed by atoms with Crippen LogP contribution in [-0.2, 0) is 0 Å². The fraction of sp³-hybridized carbons (Fsp3) is 0.538. The maximum Gasteiger partial charge on any atom is 0.124 e. The number of aromatic hydroxyl groups is 2. The molecule has 0 spiro atoms. The Hall–Kier alpha value is -0.870. The molecule has 0 fully saturated rings. The molecule has 17 heavy (non-hydrogen) atoms. The van der Waals surface area contributed by atoms with Crippen molar-refractivity contribution in [1.82, 2.24) is 5.32 Å². The lowest BCUT2D eigenvalue weighted by molar-refractivity contribution is 0.433. The van der Waals surface area contributed by atoms with Gasteiger partial charge in [0.25, 0.3) is 0 Å². The second-order valence-corrected chi connectivity index (χ2v) is 6.32. The van der Waals surface area contributed by atoms with Crippen LogP contribution in [0, 0.1) is 0 Å². The fourth-order valence-corrected chi connectivity index (χ4v) is 1.71. The van der Waals surface area contributed by atoms with Crippen molar-refractivity contribution in [3.8, 4) is 11.5 Å². The third-order valence-corrected chi connectivity index (χ3v) is 4.12. The van der Waals surface area contributed by atoms with Gasteiger partial charge in [-0.25, -0.2) is 0 Å². The minimum absolute atomic E-state index is 0.0574. The van der Waals surface area contributed by atoms with Crippen LogP contribution in [0.1, 0.15) is 32.4 Å². The van der Waals surface area contributed by atoms with Crippen molar-refractivity contribution in [3.63, 3.8) is 0 Å². The van der Waals surface area contributed by atoms with Crippen molar-refractivity contribution in [2.45, 2.75) is 31.6 Å². The third kappa shape index (κ3) is 4.13. The molecule has 3 nitrogen and oxygen atoms in total. The van der Waals surface area contributed by atoms with Gasteiger partial charge in [-0.3, -0.25) is 0 Å². The van der Waals surface area contributed by atoms with Crippen LogP contribution in [0.4, 0.5) is 0 Å². The van der Waals surface area contributed by atoms with Crippen LogP contribution in [0.25, 0.3) is 0 Å². The van der Waals surface area contributed by atoms with Crippen molar-refractivity contribution in [2.24, 2.45) is 0 Å². The van der Waals surface area contributed by atoms with Crippen molar-refractivity contribution in [3.05, 3.63) is 23.8 Å². The van der Waals surface area contributed by atoms with Crippen LogP contribution < -0.4 is 5.32 Å². The molecule has 0 bridgehead atoms. The number of rotatable bonds is 5. The van der Waals surface area contributed by atoms with Gasteiger partial charge >= 0.3 is 0 Å². The molecule has 0 aromatic heterocycles. The van der Waals surface area contributed by atoms with E-state index >= 15 is 0 Å². The summed E-state index contributed by atoms with van der Waals surface area (Å²) in [5.41, 5.74) is 0.805. The molecule has 1 unspecified atom stereocenters. The zero-order chi connectivity index (χ0) is 13.1. The second kappa shape index (κ2) is 5.65. The number of benzene rings is 1. The highest BCUT2D eigenvalue weighted by atomic mass is 32.2. The van der Waals surface area contributed by atoms with E-state index in [9.17, 15) is 10.2 Å². The summed E-state index contributed by atoms with van der Waals surface area (Å²) < 4.78 is 0.167. The largest absolute Gasteiger partial charge is 0.508 e. The second-order valence-electron chi connectivity index (χ2n) is 4.81. The van der Waals surface area contributed by atoms with Gasteiger partial charge in [-0.15, -0.1) is 0 Å². The molecule has 0 saturated heterocycles. The van der Waals surface area contributed by atoms with Gasteiger partial charge in [0.1, 0.15) is 11.5 Å². The lowest BCUT2D eigenvalue weighted by Gasteiger charge is -2.25. The minimum atomic E-state index is 0.0574. The topological polar surface area (TPSA) is 52.5 Å². The molecule has 1 rings (SSSR count). The van der Waals surface area contributed by atoms with Gasteiger partial charge in [0.2, 0.25) is 0 Å². The first-order chi connectivity index (χ1) is 7.85. The SMILES string of the molecule is CSC(C)(C)CNC(C)c1ccc(O)cc1O. The highest BCUT2D eigenvalue weighted by Gasteiger charge is 2.18. The Kier molecular flexibility index (Phi) is 4.71. The molecule has 0 aliphatic carbocycles. The van der Waals surface area contributed by atoms with Gasteiger partial charge in [-0.2, -0.15) is 11.8 Å². The van der Waals surface area contributed by atoms with Crippen LogP contribution in [-0.4, -0.2) is 27.8 Å². The van der Waals surface area contributed by atoms with Crippen LogP contribution >= 0.6 is 11.8 Å². The van der Waals surface area contributed by atoms with Gasteiger partial charge < -0.3 is 15.5 Å². The third-order valence-electron chi connectivity index (χ3n) is 2.87. The smallest absolute Gasteiger partial charge is 0.124 e. The zero-order valence-electron chi connectivity index (χ0n) is 10.8. The molecule has 4 heteroatoms. The van der Waals surface area contributed by atoms with Gasteiger partial charge in [0, 0.05) is 29.0 Å². The van der Waals surface area contributed by atoms with Crippen LogP contribution in [0.2, 0.25) is 0 Å². The van der Waals surface area contributed by atoms with E-state index in [1.807, 2.05) is 6.92 Å². The van der Waals surface area contributed by atoms with E-state index in [-0.39, 0.29) is 22.3 Å². The summed E-state index contributed by atoms with van der Waals surface area (Å²) in [5.74, 6) is 0.217. The van der Waals surface area contributed by atoms with Crippen LogP contribution in [0.3, 0.4) is 0 Å². The number of phenolic OH excluding ortho intramolecular Hbond substituents is 2. The van der Waals surface area contributed by atoms with Crippen molar-refractivity contribution < 1.29 is 10.2 Å². The average molecular weight is 255 g/mol. The summed E-state index contributed by atoms with van der Waals surface area (Å²) in [6, 6.07) is 4.76. The molecule has 1 aromatic carbocycles. The Balaban J connectivity index is 2.67. The van der Waals surface area contributed by atoms with Gasteiger partial charge in [-0.05, 0) is 33.1 Å². The molecule has 96 valence electrons. The maximum absolute atomic E-state index is 9.74. The molecular weight excluding hydrogens is 234 g/mol. The lowest BCUT2D eigenvalue weighted by atomic mass is 10.1. The van der Waals surface area contributed by atoms with E-state index in [4.69, 9.17) is 0 Å². The van der Waals surface area contributed by atoms with E-state index in [2.05, 4.69) is 25.4 Å². The van der Waals surface area contributed by atoms with E-state index < -0.39 is 0 Å². The van der Waals surface area contributed by atoms with Gasteiger partial charge in [0.15, 0.2) is 0 Å². The van der Waals surface area contributed by atoms with Gasteiger partial charge in [-0.1, -0.05) is 6.07 Å². The Morgan fingerprint density at radius 2 is 2.00 bits per heavy atom. The Bertz CT molecular complexity index is 380. The molecule has 0 radical (unpaired) electrons. The monoisotopic (exact) mass is 255 g/mol. The first kappa shape index (κ1) is 14.2. The molecule has 1 atom stereocenters. The maximum atomic E-state index is 9.74. The predicted molar refractivity (Wildman–Crippen MR) is 73.8 cm³/mol. The summed E-state index contributed by atoms with van der Waals surface area (Å²) in [5, 5.41) is 22.4. The van der Waals surface area contributed by atoms with Crippen molar-refractivity contribution in [2.75, 3.05) is 12.8 Å². The van der Waals surface area contributed by atoms with Crippen molar-refractivity contribution in [1.29, 1.82) is 0 Å². The van der Waals surface area contributed by atoms with E-state index in [1.165, 1.54) is 6.07 Å². The highest BCUT2D eigenvalue weighted by Crippen LogP contribution is 2.28. The molecular formula is C13H21NO2S. The first-order valence-electron chi connectivity index (χ1n) is 5.66. The molecule has 0 aliphatic heterocycles. The first-order valence-corrected chi connectivity index (χ1v) is 6.88. The van der Waals surface area contributed by atoms with Crippen LogP contribution in [0.5, 0.6) is 11.5 Å². The Morgan fingerprint density at radius 1 is 1.35 bits per heavy atom. The number of thioether (sulfide) groups is 1. The number of nitrogens with one attached hydrogen (secondary N) is 1. The zero-order valence-corrected chi connectivity index (χ0v) is 11.6. The Morgan fingerprint density at radius 3 is 2.53 bits per heavy atom. The van der Waals surface area contributed by atoms with Crippen LogP contribution in [0.15, 0.2) is 18.2 Å². The quantitative estimate of drug-likeness (QED) is 0.757. The summed E-state index contributed by atoms with van der Waals surface area (Å²) in [7, 11) is 0. The minimum Gasteiger partial charge on any atom is -0.508 e. The summed E-state index contributed by atoms with van der Waals surface area (Å²) in [6.07, 6.45) is 2.09. The molecule has 0 amide bonds. The summed E-state index contributed by atoms with van der Waals surface area (Å²) in [6.45, 7) is 7.21. The number of hydrogen-bond acceptors (Lipinski definition) is 4.